The maximum atomic E-state index is 11.1. The number of hydrogen-bond acceptors (Lipinski definition) is 5. The van der Waals surface area contributed by atoms with Crippen LogP contribution in [0.4, 0.5) is 0 Å². The van der Waals surface area contributed by atoms with Crippen molar-refractivity contribution in [2.24, 2.45) is 0 Å². The van der Waals surface area contributed by atoms with Gasteiger partial charge in [0.1, 0.15) is 17.8 Å². The van der Waals surface area contributed by atoms with Crippen LogP contribution in [0.2, 0.25) is 0 Å². The standard InChI is InChI=1S/C7H7ClO5S/c1-12-7-3-13-5(2-6(7)9)4-14(8,10)11/h2-3H,4H2,1H3. The number of rotatable bonds is 3. The first-order chi connectivity index (χ1) is 6.42. The van der Waals surface area contributed by atoms with Gasteiger partial charge in [0.25, 0.3) is 0 Å². The molecule has 0 saturated carbocycles. The maximum absolute atomic E-state index is 11.1. The number of hydrogen-bond donors (Lipinski definition) is 0. The fourth-order valence-corrected chi connectivity index (χ4v) is 1.65. The van der Waals surface area contributed by atoms with Crippen LogP contribution in [-0.4, -0.2) is 15.5 Å². The molecular weight excluding hydrogens is 232 g/mol. The Morgan fingerprint density at radius 2 is 2.21 bits per heavy atom. The molecule has 0 spiro atoms. The van der Waals surface area contributed by atoms with E-state index in [1.807, 2.05) is 0 Å². The Balaban J connectivity index is 3.04. The van der Waals surface area contributed by atoms with Crippen molar-refractivity contribution in [2.45, 2.75) is 5.75 Å². The molecule has 0 fully saturated rings. The first kappa shape index (κ1) is 11.1. The van der Waals surface area contributed by atoms with Crippen molar-refractivity contribution in [3.63, 3.8) is 0 Å². The number of ether oxygens (including phenoxy) is 1. The van der Waals surface area contributed by atoms with Gasteiger partial charge in [0.2, 0.25) is 20.2 Å². The minimum absolute atomic E-state index is 0.0146. The van der Waals surface area contributed by atoms with E-state index in [9.17, 15) is 13.2 Å². The summed E-state index contributed by atoms with van der Waals surface area (Å²) in [5.74, 6) is -0.528. The van der Waals surface area contributed by atoms with Gasteiger partial charge in [-0.3, -0.25) is 4.79 Å². The molecule has 0 aliphatic heterocycles. The van der Waals surface area contributed by atoms with Gasteiger partial charge in [-0.1, -0.05) is 0 Å². The van der Waals surface area contributed by atoms with Crippen molar-refractivity contribution in [1.29, 1.82) is 0 Å². The van der Waals surface area contributed by atoms with Gasteiger partial charge in [0, 0.05) is 16.7 Å². The predicted octanol–water partition coefficient (Wildman–Crippen LogP) is 0.717. The molecule has 78 valence electrons. The zero-order valence-electron chi connectivity index (χ0n) is 7.19. The van der Waals surface area contributed by atoms with E-state index in [4.69, 9.17) is 15.1 Å². The van der Waals surface area contributed by atoms with Crippen molar-refractivity contribution in [3.05, 3.63) is 28.3 Å². The third-order valence-corrected chi connectivity index (χ3v) is 2.34. The first-order valence-corrected chi connectivity index (χ1v) is 5.98. The highest BCUT2D eigenvalue weighted by Gasteiger charge is 2.11. The van der Waals surface area contributed by atoms with Gasteiger partial charge in [-0.25, -0.2) is 8.42 Å². The highest BCUT2D eigenvalue weighted by Crippen LogP contribution is 2.10. The Morgan fingerprint density at radius 3 is 2.64 bits per heavy atom. The number of halogens is 1. The summed E-state index contributed by atoms with van der Waals surface area (Å²) in [5, 5.41) is 0. The Bertz CT molecular complexity index is 475. The fraction of sp³-hybridized carbons (Fsp3) is 0.286. The fourth-order valence-electron chi connectivity index (χ4n) is 0.833. The van der Waals surface area contributed by atoms with Crippen LogP contribution in [0.3, 0.4) is 0 Å². The Morgan fingerprint density at radius 1 is 1.57 bits per heavy atom. The average molecular weight is 239 g/mol. The molecular formula is C7H7ClO5S. The minimum Gasteiger partial charge on any atom is -0.490 e. The van der Waals surface area contributed by atoms with Crippen molar-refractivity contribution in [2.75, 3.05) is 7.11 Å². The zero-order chi connectivity index (χ0) is 10.8. The lowest BCUT2D eigenvalue weighted by molar-refractivity contribution is 0.381. The number of methoxy groups -OCH3 is 1. The van der Waals surface area contributed by atoms with Crippen molar-refractivity contribution in [3.8, 4) is 5.75 Å². The van der Waals surface area contributed by atoms with Crippen LogP contribution < -0.4 is 10.2 Å². The highest BCUT2D eigenvalue weighted by atomic mass is 35.7. The molecule has 14 heavy (non-hydrogen) atoms. The molecule has 0 aliphatic carbocycles. The van der Waals surface area contributed by atoms with E-state index >= 15 is 0 Å². The lowest BCUT2D eigenvalue weighted by Crippen LogP contribution is -2.06. The monoisotopic (exact) mass is 238 g/mol. The third-order valence-electron chi connectivity index (χ3n) is 1.39. The molecule has 0 N–H and O–H groups in total. The lowest BCUT2D eigenvalue weighted by atomic mass is 10.4. The smallest absolute Gasteiger partial charge is 0.239 e. The van der Waals surface area contributed by atoms with E-state index in [1.165, 1.54) is 7.11 Å². The van der Waals surface area contributed by atoms with Crippen LogP contribution in [0.25, 0.3) is 0 Å². The molecule has 7 heteroatoms. The van der Waals surface area contributed by atoms with Crippen molar-refractivity contribution in [1.82, 2.24) is 0 Å². The molecule has 1 rings (SSSR count). The molecule has 0 aliphatic rings. The summed E-state index contributed by atoms with van der Waals surface area (Å²) in [6, 6.07) is 1.03. The van der Waals surface area contributed by atoms with Crippen LogP contribution in [0, 0.1) is 0 Å². The van der Waals surface area contributed by atoms with Crippen LogP contribution in [0.1, 0.15) is 5.76 Å². The molecule has 0 atom stereocenters. The van der Waals surface area contributed by atoms with E-state index < -0.39 is 20.2 Å². The summed E-state index contributed by atoms with van der Waals surface area (Å²) in [6.45, 7) is 0. The summed E-state index contributed by atoms with van der Waals surface area (Å²) in [4.78, 5) is 11.1. The molecule has 0 aromatic carbocycles. The van der Waals surface area contributed by atoms with Gasteiger partial charge < -0.3 is 9.15 Å². The summed E-state index contributed by atoms with van der Waals surface area (Å²) >= 11 is 0. The highest BCUT2D eigenvalue weighted by molar-refractivity contribution is 8.13. The van der Waals surface area contributed by atoms with Gasteiger partial charge in [-0.05, 0) is 0 Å². The zero-order valence-corrected chi connectivity index (χ0v) is 8.76. The SMILES string of the molecule is COc1coc(CS(=O)(=O)Cl)cc1=O. The average Bonchev–Trinajstić information content (AvgIpc) is 2.01. The summed E-state index contributed by atoms with van der Waals surface area (Å²) in [5.41, 5.74) is -0.450. The van der Waals surface area contributed by atoms with Crippen LogP contribution in [-0.2, 0) is 14.8 Å². The Hall–Kier alpha value is -1.01. The summed E-state index contributed by atoms with van der Waals surface area (Å²) in [7, 11) is 2.57. The van der Waals surface area contributed by atoms with E-state index in [0.717, 1.165) is 12.3 Å². The maximum Gasteiger partial charge on any atom is 0.239 e. The molecule has 0 bridgehead atoms. The van der Waals surface area contributed by atoms with Crippen molar-refractivity contribution < 1.29 is 17.6 Å². The predicted molar refractivity (Wildman–Crippen MR) is 50.0 cm³/mol. The molecule has 5 nitrogen and oxygen atoms in total. The van der Waals surface area contributed by atoms with Crippen molar-refractivity contribution >= 4 is 19.7 Å². The van der Waals surface area contributed by atoms with Crippen LogP contribution in [0.15, 0.2) is 21.5 Å². The van der Waals surface area contributed by atoms with Crippen LogP contribution in [0.5, 0.6) is 5.75 Å². The topological polar surface area (TPSA) is 73.6 Å². The summed E-state index contributed by atoms with van der Waals surface area (Å²) < 4.78 is 30.7. The van der Waals surface area contributed by atoms with Gasteiger partial charge in [-0.15, -0.1) is 0 Å². The Kier molecular flexibility index (Phi) is 3.17. The molecule has 1 heterocycles. The van der Waals surface area contributed by atoms with Gasteiger partial charge in [0.15, 0.2) is 0 Å². The Labute approximate surface area is 84.7 Å². The van der Waals surface area contributed by atoms with Crippen LogP contribution >= 0.6 is 10.7 Å². The minimum atomic E-state index is -3.71. The van der Waals surface area contributed by atoms with E-state index in [0.29, 0.717) is 0 Å². The lowest BCUT2D eigenvalue weighted by Gasteiger charge is -1.99. The van der Waals surface area contributed by atoms with Gasteiger partial charge in [0.05, 0.1) is 7.11 Å². The summed E-state index contributed by atoms with van der Waals surface area (Å²) in [6.07, 6.45) is 1.04. The van der Waals surface area contributed by atoms with E-state index in [2.05, 4.69) is 4.74 Å². The second kappa shape index (κ2) is 4.02. The molecule has 1 aromatic rings. The molecule has 0 unspecified atom stereocenters. The second-order valence-electron chi connectivity index (χ2n) is 2.46. The van der Waals surface area contributed by atoms with E-state index in [1.54, 1.807) is 0 Å². The molecule has 1 aromatic heterocycles. The molecule has 0 radical (unpaired) electrons. The third kappa shape index (κ3) is 3.04. The molecule has 0 saturated heterocycles. The normalized spacial score (nSPS) is 11.3. The second-order valence-corrected chi connectivity index (χ2v) is 5.24. The largest absolute Gasteiger partial charge is 0.490 e. The van der Waals surface area contributed by atoms with Gasteiger partial charge in [-0.2, -0.15) is 0 Å². The quantitative estimate of drug-likeness (QED) is 0.726. The van der Waals surface area contributed by atoms with E-state index in [-0.39, 0.29) is 11.5 Å². The molecule has 0 amide bonds. The van der Waals surface area contributed by atoms with Gasteiger partial charge >= 0.3 is 0 Å². The first-order valence-electron chi connectivity index (χ1n) is 3.50.